The monoisotopic (exact) mass is 221 g/mol. The van der Waals surface area contributed by atoms with Crippen LogP contribution in [-0.4, -0.2) is 24.8 Å². The molecule has 0 atom stereocenters. The molecule has 0 heterocycles. The highest BCUT2D eigenvalue weighted by atomic mass is 35.5. The van der Waals surface area contributed by atoms with Crippen LogP contribution in [0.3, 0.4) is 0 Å². The summed E-state index contributed by atoms with van der Waals surface area (Å²) in [4.78, 5) is 0. The van der Waals surface area contributed by atoms with E-state index in [1.165, 1.54) is 38.5 Å². The molecule has 0 saturated heterocycles. The highest BCUT2D eigenvalue weighted by molar-refractivity contribution is 5.85. The van der Waals surface area contributed by atoms with E-state index in [4.69, 9.17) is 5.11 Å². The van der Waals surface area contributed by atoms with Gasteiger partial charge in [0.25, 0.3) is 0 Å². The summed E-state index contributed by atoms with van der Waals surface area (Å²) in [7, 11) is 0. The molecule has 0 spiro atoms. The summed E-state index contributed by atoms with van der Waals surface area (Å²) in [6.45, 7) is 2.43. The largest absolute Gasteiger partial charge is 0.396 e. The first-order valence-electron chi connectivity index (χ1n) is 5.75. The van der Waals surface area contributed by atoms with Gasteiger partial charge < -0.3 is 10.4 Å². The topological polar surface area (TPSA) is 32.3 Å². The highest BCUT2D eigenvalue weighted by Crippen LogP contribution is 2.25. The van der Waals surface area contributed by atoms with E-state index in [0.717, 1.165) is 25.4 Å². The number of hydrogen-bond donors (Lipinski definition) is 2. The molecular weight excluding hydrogens is 198 g/mol. The van der Waals surface area contributed by atoms with Crippen LogP contribution in [0.5, 0.6) is 0 Å². The molecule has 0 aromatic rings. The lowest BCUT2D eigenvalue weighted by molar-refractivity contribution is 0.283. The minimum Gasteiger partial charge on any atom is -0.396 e. The summed E-state index contributed by atoms with van der Waals surface area (Å²) in [6, 6.07) is 0. The molecule has 2 N–H and O–H groups in total. The van der Waals surface area contributed by atoms with Gasteiger partial charge in [-0.25, -0.2) is 0 Å². The molecule has 0 aromatic heterocycles. The molecule has 0 unspecified atom stereocenters. The minimum absolute atomic E-state index is 0. The van der Waals surface area contributed by atoms with Gasteiger partial charge in [-0.05, 0) is 31.8 Å². The number of aliphatic hydroxyl groups is 1. The third kappa shape index (κ3) is 6.63. The molecule has 1 saturated carbocycles. The zero-order valence-electron chi connectivity index (χ0n) is 9.00. The van der Waals surface area contributed by atoms with Crippen LogP contribution < -0.4 is 5.32 Å². The Kier molecular flexibility index (Phi) is 9.90. The van der Waals surface area contributed by atoms with Crippen molar-refractivity contribution in [2.45, 2.75) is 44.9 Å². The second-order valence-corrected chi connectivity index (χ2v) is 4.12. The maximum Gasteiger partial charge on any atom is 0.0443 e. The van der Waals surface area contributed by atoms with Gasteiger partial charge in [-0.15, -0.1) is 12.4 Å². The van der Waals surface area contributed by atoms with Gasteiger partial charge >= 0.3 is 0 Å². The third-order valence-electron chi connectivity index (χ3n) is 2.97. The molecule has 0 bridgehead atoms. The summed E-state index contributed by atoms with van der Waals surface area (Å²) >= 11 is 0. The van der Waals surface area contributed by atoms with Gasteiger partial charge in [0.2, 0.25) is 0 Å². The normalized spacial score (nSPS) is 17.8. The van der Waals surface area contributed by atoms with Crippen LogP contribution in [-0.2, 0) is 0 Å². The Labute approximate surface area is 93.9 Å². The molecule has 1 aliphatic carbocycles. The van der Waals surface area contributed by atoms with E-state index < -0.39 is 0 Å². The zero-order chi connectivity index (χ0) is 9.36. The van der Waals surface area contributed by atoms with E-state index in [9.17, 15) is 0 Å². The van der Waals surface area contributed by atoms with Crippen molar-refractivity contribution < 1.29 is 5.11 Å². The van der Waals surface area contributed by atoms with Crippen LogP contribution in [0.2, 0.25) is 0 Å². The quantitative estimate of drug-likeness (QED) is 0.675. The van der Waals surface area contributed by atoms with E-state index in [1.807, 2.05) is 0 Å². The predicted octanol–water partition coefficient (Wildman–Crippen LogP) is 2.35. The molecular formula is C11H24ClNO. The van der Waals surface area contributed by atoms with Gasteiger partial charge in [-0.1, -0.05) is 32.1 Å². The van der Waals surface area contributed by atoms with Gasteiger partial charge in [0, 0.05) is 6.61 Å². The Morgan fingerprint density at radius 2 is 1.79 bits per heavy atom. The van der Waals surface area contributed by atoms with Crippen LogP contribution in [0.4, 0.5) is 0 Å². The van der Waals surface area contributed by atoms with Crippen LogP contribution in [0.15, 0.2) is 0 Å². The fourth-order valence-electron chi connectivity index (χ4n) is 2.11. The number of halogens is 1. The average Bonchev–Trinajstić information content (AvgIpc) is 2.19. The van der Waals surface area contributed by atoms with Crippen LogP contribution >= 0.6 is 12.4 Å². The van der Waals surface area contributed by atoms with Crippen molar-refractivity contribution in [1.29, 1.82) is 0 Å². The van der Waals surface area contributed by atoms with E-state index in [-0.39, 0.29) is 12.4 Å². The van der Waals surface area contributed by atoms with Crippen molar-refractivity contribution in [3.05, 3.63) is 0 Å². The predicted molar refractivity (Wildman–Crippen MR) is 63.0 cm³/mol. The number of nitrogens with one attached hydrogen (secondary N) is 1. The van der Waals surface area contributed by atoms with Crippen molar-refractivity contribution in [3.63, 3.8) is 0 Å². The van der Waals surface area contributed by atoms with Gasteiger partial charge in [-0.2, -0.15) is 0 Å². The SMILES string of the molecule is Cl.OCCCNCCC1CCCCC1. The number of rotatable bonds is 6. The Bertz CT molecular complexity index is 116. The molecule has 0 amide bonds. The minimum atomic E-state index is 0. The fraction of sp³-hybridized carbons (Fsp3) is 1.00. The smallest absolute Gasteiger partial charge is 0.0443 e. The number of hydrogen-bond acceptors (Lipinski definition) is 2. The standard InChI is InChI=1S/C11H23NO.ClH/c13-10-4-8-12-9-7-11-5-2-1-3-6-11;/h11-13H,1-10H2;1H. The molecule has 86 valence electrons. The fourth-order valence-corrected chi connectivity index (χ4v) is 2.11. The molecule has 0 radical (unpaired) electrons. The second kappa shape index (κ2) is 9.75. The van der Waals surface area contributed by atoms with Crippen LogP contribution in [0.25, 0.3) is 0 Å². The summed E-state index contributed by atoms with van der Waals surface area (Å²) in [6.07, 6.45) is 9.47. The Balaban J connectivity index is 0.00000169. The lowest BCUT2D eigenvalue weighted by atomic mass is 9.87. The zero-order valence-corrected chi connectivity index (χ0v) is 9.82. The lowest BCUT2D eigenvalue weighted by Crippen LogP contribution is -2.21. The summed E-state index contributed by atoms with van der Waals surface area (Å²) < 4.78 is 0. The molecule has 0 aromatic carbocycles. The first-order chi connectivity index (χ1) is 6.43. The van der Waals surface area contributed by atoms with E-state index in [2.05, 4.69) is 5.32 Å². The Hall–Kier alpha value is 0.210. The van der Waals surface area contributed by atoms with E-state index in [0.29, 0.717) is 6.61 Å². The first kappa shape index (κ1) is 14.2. The first-order valence-corrected chi connectivity index (χ1v) is 5.75. The summed E-state index contributed by atoms with van der Waals surface area (Å²) in [5, 5.41) is 11.9. The molecule has 1 aliphatic rings. The number of aliphatic hydroxyl groups excluding tert-OH is 1. The van der Waals surface area contributed by atoms with Crippen LogP contribution in [0.1, 0.15) is 44.9 Å². The molecule has 3 heteroatoms. The van der Waals surface area contributed by atoms with Crippen molar-refractivity contribution in [3.8, 4) is 0 Å². The van der Waals surface area contributed by atoms with E-state index in [1.54, 1.807) is 0 Å². The van der Waals surface area contributed by atoms with Crippen molar-refractivity contribution in [2.24, 2.45) is 5.92 Å². The lowest BCUT2D eigenvalue weighted by Gasteiger charge is -2.21. The molecule has 2 nitrogen and oxygen atoms in total. The Morgan fingerprint density at radius 3 is 2.43 bits per heavy atom. The summed E-state index contributed by atoms with van der Waals surface area (Å²) in [5.41, 5.74) is 0. The third-order valence-corrected chi connectivity index (χ3v) is 2.97. The summed E-state index contributed by atoms with van der Waals surface area (Å²) in [5.74, 6) is 0.982. The van der Waals surface area contributed by atoms with Crippen molar-refractivity contribution in [2.75, 3.05) is 19.7 Å². The molecule has 1 rings (SSSR count). The molecule has 1 fully saturated rings. The highest BCUT2D eigenvalue weighted by Gasteiger charge is 2.11. The average molecular weight is 222 g/mol. The van der Waals surface area contributed by atoms with Gasteiger partial charge in [0.05, 0.1) is 0 Å². The van der Waals surface area contributed by atoms with Gasteiger partial charge in [0.1, 0.15) is 0 Å². The van der Waals surface area contributed by atoms with E-state index >= 15 is 0 Å². The second-order valence-electron chi connectivity index (χ2n) is 4.12. The maximum absolute atomic E-state index is 8.57. The molecule has 0 aliphatic heterocycles. The Morgan fingerprint density at radius 1 is 1.07 bits per heavy atom. The van der Waals surface area contributed by atoms with Crippen molar-refractivity contribution >= 4 is 12.4 Å². The van der Waals surface area contributed by atoms with Crippen LogP contribution in [0, 0.1) is 5.92 Å². The maximum atomic E-state index is 8.57. The van der Waals surface area contributed by atoms with Gasteiger partial charge in [0.15, 0.2) is 0 Å². The van der Waals surface area contributed by atoms with Gasteiger partial charge in [-0.3, -0.25) is 0 Å². The van der Waals surface area contributed by atoms with Crippen molar-refractivity contribution in [1.82, 2.24) is 5.32 Å². The molecule has 14 heavy (non-hydrogen) atoms.